The summed E-state index contributed by atoms with van der Waals surface area (Å²) in [7, 11) is 0. The van der Waals surface area contributed by atoms with Crippen LogP contribution in [0.25, 0.3) is 5.69 Å². The second-order valence-electron chi connectivity index (χ2n) is 7.92. The number of carbonyl (C=O) groups excluding carboxylic acids is 1. The van der Waals surface area contributed by atoms with Gasteiger partial charge in [0.1, 0.15) is 0 Å². The molecule has 0 spiro atoms. The molecule has 0 saturated carbocycles. The van der Waals surface area contributed by atoms with Gasteiger partial charge in [-0.15, -0.1) is 12.4 Å². The van der Waals surface area contributed by atoms with E-state index in [0.29, 0.717) is 31.0 Å². The van der Waals surface area contributed by atoms with Crippen molar-refractivity contribution in [3.05, 3.63) is 47.3 Å². The third kappa shape index (κ3) is 4.53. The SMILES string of the molecule is Cc1cc(C)n(-c2ccccc2CNC(=O)CC2CC3CCC(C2)N3)n1.Cl. The lowest BCUT2D eigenvalue weighted by atomic mass is 9.89. The van der Waals surface area contributed by atoms with E-state index in [1.807, 2.05) is 23.7 Å². The number of fused-ring (bicyclic) bond motifs is 2. The molecule has 0 radical (unpaired) electrons. The lowest BCUT2D eigenvalue weighted by molar-refractivity contribution is -0.122. The van der Waals surface area contributed by atoms with Gasteiger partial charge < -0.3 is 10.6 Å². The molecule has 2 fully saturated rings. The molecule has 2 atom stereocenters. The van der Waals surface area contributed by atoms with E-state index < -0.39 is 0 Å². The summed E-state index contributed by atoms with van der Waals surface area (Å²) in [5.74, 6) is 0.694. The number of hydrogen-bond acceptors (Lipinski definition) is 3. The maximum absolute atomic E-state index is 12.5. The Labute approximate surface area is 167 Å². The first-order chi connectivity index (χ1) is 12.6. The third-order valence-electron chi connectivity index (χ3n) is 5.75. The first kappa shape index (κ1) is 19.9. The van der Waals surface area contributed by atoms with Crippen molar-refractivity contribution < 1.29 is 4.79 Å². The van der Waals surface area contributed by atoms with Crippen LogP contribution >= 0.6 is 12.4 Å². The van der Waals surface area contributed by atoms with Crippen LogP contribution in [0, 0.1) is 19.8 Å². The molecular formula is C21H29ClN4O. The standard InChI is InChI=1S/C21H28N4O.ClH/c1-14-9-15(2)25(24-14)20-6-4-3-5-17(20)13-22-21(26)12-16-10-18-7-8-19(11-16)23-18;/h3-6,9,16,18-19,23H,7-8,10-13H2,1-2H3,(H,22,26);1H. The minimum Gasteiger partial charge on any atom is -0.352 e. The average molecular weight is 389 g/mol. The number of nitrogens with zero attached hydrogens (tertiary/aromatic N) is 2. The summed E-state index contributed by atoms with van der Waals surface area (Å²) in [5, 5.41) is 11.4. The summed E-state index contributed by atoms with van der Waals surface area (Å²) in [5.41, 5.74) is 4.24. The lowest BCUT2D eigenvalue weighted by Gasteiger charge is -2.28. The molecule has 2 aromatic rings. The molecule has 2 unspecified atom stereocenters. The van der Waals surface area contributed by atoms with E-state index in [0.717, 1.165) is 35.5 Å². The molecule has 2 N–H and O–H groups in total. The van der Waals surface area contributed by atoms with Gasteiger partial charge in [-0.2, -0.15) is 5.10 Å². The molecule has 146 valence electrons. The molecule has 2 aliphatic heterocycles. The third-order valence-corrected chi connectivity index (χ3v) is 5.75. The van der Waals surface area contributed by atoms with Crippen molar-refractivity contribution in [1.29, 1.82) is 0 Å². The van der Waals surface area contributed by atoms with E-state index in [-0.39, 0.29) is 18.3 Å². The second kappa shape index (κ2) is 8.44. The summed E-state index contributed by atoms with van der Waals surface area (Å²) in [4.78, 5) is 12.5. The van der Waals surface area contributed by atoms with Crippen LogP contribution in [-0.2, 0) is 11.3 Å². The number of nitrogens with one attached hydrogen (secondary N) is 2. The summed E-state index contributed by atoms with van der Waals surface area (Å²) in [6.07, 6.45) is 5.49. The van der Waals surface area contributed by atoms with Gasteiger partial charge in [0, 0.05) is 30.7 Å². The largest absolute Gasteiger partial charge is 0.352 e. The molecule has 3 heterocycles. The number of para-hydroxylation sites is 1. The van der Waals surface area contributed by atoms with E-state index in [1.165, 1.54) is 12.8 Å². The van der Waals surface area contributed by atoms with Crippen molar-refractivity contribution in [2.75, 3.05) is 0 Å². The van der Waals surface area contributed by atoms with Gasteiger partial charge in [-0.25, -0.2) is 4.68 Å². The van der Waals surface area contributed by atoms with Crippen LogP contribution in [-0.4, -0.2) is 27.8 Å². The number of amides is 1. The topological polar surface area (TPSA) is 59.0 Å². The van der Waals surface area contributed by atoms with Crippen LogP contribution in [0.15, 0.2) is 30.3 Å². The Morgan fingerprint density at radius 3 is 2.59 bits per heavy atom. The Kier molecular flexibility index (Phi) is 6.22. The van der Waals surface area contributed by atoms with Crippen LogP contribution in [0.1, 0.15) is 49.1 Å². The van der Waals surface area contributed by atoms with Crippen LogP contribution in [0.3, 0.4) is 0 Å². The van der Waals surface area contributed by atoms with Gasteiger partial charge in [0.25, 0.3) is 0 Å². The van der Waals surface area contributed by atoms with Gasteiger partial charge >= 0.3 is 0 Å². The Morgan fingerprint density at radius 2 is 1.93 bits per heavy atom. The Balaban J connectivity index is 0.00000210. The zero-order valence-corrected chi connectivity index (χ0v) is 16.9. The van der Waals surface area contributed by atoms with Gasteiger partial charge in [0.15, 0.2) is 0 Å². The fourth-order valence-electron chi connectivity index (χ4n) is 4.61. The number of hydrogen-bond donors (Lipinski definition) is 2. The van der Waals surface area contributed by atoms with Gasteiger partial charge in [-0.05, 0) is 63.1 Å². The summed E-state index contributed by atoms with van der Waals surface area (Å²) in [6, 6.07) is 11.5. The molecule has 1 aromatic carbocycles. The summed E-state index contributed by atoms with van der Waals surface area (Å²) in [6.45, 7) is 4.60. The Bertz CT molecular complexity index is 791. The van der Waals surface area contributed by atoms with E-state index in [2.05, 4.69) is 40.9 Å². The van der Waals surface area contributed by atoms with E-state index in [9.17, 15) is 4.79 Å². The molecule has 1 amide bonds. The Hall–Kier alpha value is -1.85. The van der Waals surface area contributed by atoms with E-state index >= 15 is 0 Å². The second-order valence-corrected chi connectivity index (χ2v) is 7.92. The maximum Gasteiger partial charge on any atom is 0.220 e. The molecule has 4 rings (SSSR count). The van der Waals surface area contributed by atoms with Gasteiger partial charge in [-0.1, -0.05) is 18.2 Å². The molecule has 6 heteroatoms. The van der Waals surface area contributed by atoms with Crippen molar-refractivity contribution in [3.8, 4) is 5.69 Å². The number of aromatic nitrogens is 2. The number of piperidine rings is 1. The molecule has 2 aliphatic rings. The smallest absolute Gasteiger partial charge is 0.220 e. The molecule has 27 heavy (non-hydrogen) atoms. The normalized spacial score (nSPS) is 23.7. The quantitative estimate of drug-likeness (QED) is 0.824. The predicted octanol–water partition coefficient (Wildman–Crippen LogP) is 3.45. The number of rotatable bonds is 5. The first-order valence-electron chi connectivity index (χ1n) is 9.73. The fraction of sp³-hybridized carbons (Fsp3) is 0.524. The first-order valence-corrected chi connectivity index (χ1v) is 9.73. The molecule has 0 aliphatic carbocycles. The zero-order valence-electron chi connectivity index (χ0n) is 16.1. The summed E-state index contributed by atoms with van der Waals surface area (Å²) >= 11 is 0. The van der Waals surface area contributed by atoms with E-state index in [1.54, 1.807) is 0 Å². The van der Waals surface area contributed by atoms with Crippen molar-refractivity contribution >= 4 is 18.3 Å². The zero-order chi connectivity index (χ0) is 18.1. The van der Waals surface area contributed by atoms with Crippen molar-refractivity contribution in [3.63, 3.8) is 0 Å². The highest BCUT2D eigenvalue weighted by Gasteiger charge is 2.34. The molecule has 5 nitrogen and oxygen atoms in total. The van der Waals surface area contributed by atoms with Crippen molar-refractivity contribution in [2.24, 2.45) is 5.92 Å². The number of halogens is 1. The minimum absolute atomic E-state index is 0. The lowest BCUT2D eigenvalue weighted by Crippen LogP contribution is -2.39. The highest BCUT2D eigenvalue weighted by atomic mass is 35.5. The Morgan fingerprint density at radius 1 is 1.22 bits per heavy atom. The van der Waals surface area contributed by atoms with Gasteiger partial charge in [0.05, 0.1) is 11.4 Å². The monoisotopic (exact) mass is 388 g/mol. The molecule has 1 aromatic heterocycles. The number of benzene rings is 1. The molecular weight excluding hydrogens is 360 g/mol. The fourth-order valence-corrected chi connectivity index (χ4v) is 4.61. The highest BCUT2D eigenvalue weighted by Crippen LogP contribution is 2.32. The van der Waals surface area contributed by atoms with Crippen LogP contribution in [0.4, 0.5) is 0 Å². The van der Waals surface area contributed by atoms with Crippen molar-refractivity contribution in [1.82, 2.24) is 20.4 Å². The minimum atomic E-state index is 0. The van der Waals surface area contributed by atoms with Crippen LogP contribution in [0.5, 0.6) is 0 Å². The number of carbonyl (C=O) groups is 1. The number of aryl methyl sites for hydroxylation is 2. The van der Waals surface area contributed by atoms with Gasteiger partial charge in [0.2, 0.25) is 5.91 Å². The molecule has 2 bridgehead atoms. The predicted molar refractivity (Wildman–Crippen MR) is 109 cm³/mol. The van der Waals surface area contributed by atoms with E-state index in [4.69, 9.17) is 0 Å². The highest BCUT2D eigenvalue weighted by molar-refractivity contribution is 5.85. The maximum atomic E-state index is 12.5. The summed E-state index contributed by atoms with van der Waals surface area (Å²) < 4.78 is 1.96. The van der Waals surface area contributed by atoms with Crippen LogP contribution in [0.2, 0.25) is 0 Å². The molecule has 2 saturated heterocycles. The van der Waals surface area contributed by atoms with Crippen LogP contribution < -0.4 is 10.6 Å². The van der Waals surface area contributed by atoms with Crippen molar-refractivity contribution in [2.45, 2.75) is 64.6 Å². The average Bonchev–Trinajstić information content (AvgIpc) is 3.14. The van der Waals surface area contributed by atoms with Gasteiger partial charge in [-0.3, -0.25) is 4.79 Å².